The smallest absolute Gasteiger partial charge is 0.345 e. The van der Waals surface area contributed by atoms with Crippen LogP contribution in [0.25, 0.3) is 0 Å². The van der Waals surface area contributed by atoms with E-state index in [-0.39, 0.29) is 15.5 Å². The van der Waals surface area contributed by atoms with E-state index in [0.29, 0.717) is 16.3 Å². The zero-order valence-electron chi connectivity index (χ0n) is 16.9. The van der Waals surface area contributed by atoms with Crippen LogP contribution in [0.15, 0.2) is 82.8 Å². The highest BCUT2D eigenvalue weighted by molar-refractivity contribution is 7.89. The Labute approximate surface area is 200 Å². The zero-order valence-corrected chi connectivity index (χ0v) is 19.2. The van der Waals surface area contributed by atoms with Crippen molar-refractivity contribution in [3.8, 4) is 5.75 Å². The number of hydrogen-bond donors (Lipinski definition) is 2. The van der Waals surface area contributed by atoms with Crippen LogP contribution in [0.2, 0.25) is 10.0 Å². The van der Waals surface area contributed by atoms with Gasteiger partial charge in [-0.25, -0.2) is 23.4 Å². The second-order valence-corrected chi connectivity index (χ2v) is 9.12. The minimum Gasteiger partial charge on any atom is -0.423 e. The van der Waals surface area contributed by atoms with Crippen molar-refractivity contribution in [3.05, 3.63) is 94.0 Å². The van der Waals surface area contributed by atoms with Crippen molar-refractivity contribution in [1.82, 2.24) is 10.1 Å². The van der Waals surface area contributed by atoms with E-state index in [2.05, 4.69) is 15.2 Å². The molecule has 3 rings (SSSR count). The molecule has 0 aliphatic carbocycles. The lowest BCUT2D eigenvalue weighted by Crippen LogP contribution is -2.34. The molecule has 0 radical (unpaired) electrons. The van der Waals surface area contributed by atoms with E-state index in [0.717, 1.165) is 0 Å². The van der Waals surface area contributed by atoms with Crippen LogP contribution >= 0.6 is 23.2 Å². The second kappa shape index (κ2) is 11.1. The van der Waals surface area contributed by atoms with E-state index in [1.807, 2.05) is 0 Å². The quantitative estimate of drug-likeness (QED) is 0.210. The topological polar surface area (TPSA) is 114 Å². The van der Waals surface area contributed by atoms with Gasteiger partial charge in [0.2, 0.25) is 10.0 Å². The first-order chi connectivity index (χ1) is 15.7. The molecule has 0 saturated carbocycles. The Hall–Kier alpha value is -3.24. The van der Waals surface area contributed by atoms with Gasteiger partial charge in [-0.05, 0) is 66.2 Å². The number of benzene rings is 3. The molecule has 0 saturated heterocycles. The fourth-order valence-electron chi connectivity index (χ4n) is 2.49. The number of nitrogens with one attached hydrogen (secondary N) is 2. The van der Waals surface area contributed by atoms with E-state index in [9.17, 15) is 18.0 Å². The number of rotatable bonds is 8. The summed E-state index contributed by atoms with van der Waals surface area (Å²) in [5.41, 5.74) is 3.08. The summed E-state index contributed by atoms with van der Waals surface area (Å²) in [6.45, 7) is -0.501. The number of hydrazone groups is 1. The predicted octanol–water partition coefficient (Wildman–Crippen LogP) is 3.64. The number of carbonyl (C=O) groups is 2. The van der Waals surface area contributed by atoms with Crippen LogP contribution in [0, 0.1) is 0 Å². The Kier molecular flexibility index (Phi) is 8.18. The summed E-state index contributed by atoms with van der Waals surface area (Å²) in [5, 5.41) is 4.46. The van der Waals surface area contributed by atoms with Gasteiger partial charge in [0.25, 0.3) is 5.91 Å². The van der Waals surface area contributed by atoms with Crippen LogP contribution in [0.3, 0.4) is 0 Å². The second-order valence-electron chi connectivity index (χ2n) is 6.51. The standard InChI is InChI=1S/C22H17Cl2N3O5S/c23-16-7-11-18(12-8-16)33(30,31)26-14-21(28)27-25-13-15-5-9-17(10-6-15)32-22(29)19-3-1-2-4-20(19)24/h1-13,26H,14H2,(H,27,28)/b25-13+. The largest absolute Gasteiger partial charge is 0.423 e. The van der Waals surface area contributed by atoms with Gasteiger partial charge in [-0.1, -0.05) is 35.3 Å². The van der Waals surface area contributed by atoms with Crippen LogP contribution in [-0.4, -0.2) is 33.1 Å². The molecule has 0 aliphatic rings. The maximum absolute atomic E-state index is 12.2. The monoisotopic (exact) mass is 505 g/mol. The number of halogens is 2. The molecule has 0 atom stereocenters. The van der Waals surface area contributed by atoms with Crippen LogP contribution in [0.4, 0.5) is 0 Å². The normalized spacial score (nSPS) is 11.3. The van der Waals surface area contributed by atoms with Crippen molar-refractivity contribution in [2.45, 2.75) is 4.90 Å². The van der Waals surface area contributed by atoms with Crippen molar-refractivity contribution in [3.63, 3.8) is 0 Å². The van der Waals surface area contributed by atoms with Gasteiger partial charge in [-0.2, -0.15) is 5.10 Å². The first-order valence-electron chi connectivity index (χ1n) is 9.38. The zero-order chi connectivity index (χ0) is 23.8. The summed E-state index contributed by atoms with van der Waals surface area (Å²) < 4.78 is 31.7. The Morgan fingerprint density at radius 2 is 1.61 bits per heavy atom. The van der Waals surface area contributed by atoms with E-state index in [1.54, 1.807) is 48.5 Å². The molecule has 0 heterocycles. The molecule has 33 heavy (non-hydrogen) atoms. The number of nitrogens with zero attached hydrogens (tertiary/aromatic N) is 1. The first kappa shape index (κ1) is 24.4. The minimum absolute atomic E-state index is 0.0153. The molecule has 1 amide bonds. The predicted molar refractivity (Wildman–Crippen MR) is 125 cm³/mol. The summed E-state index contributed by atoms with van der Waals surface area (Å²) in [6.07, 6.45) is 1.35. The number of sulfonamides is 1. The summed E-state index contributed by atoms with van der Waals surface area (Å²) in [6, 6.07) is 18.4. The molecule has 11 heteroatoms. The lowest BCUT2D eigenvalue weighted by molar-refractivity contribution is -0.119. The molecule has 0 unspecified atom stereocenters. The minimum atomic E-state index is -3.86. The molecule has 0 aliphatic heterocycles. The van der Waals surface area contributed by atoms with E-state index in [1.165, 1.54) is 30.5 Å². The van der Waals surface area contributed by atoms with Gasteiger partial charge in [-0.15, -0.1) is 0 Å². The highest BCUT2D eigenvalue weighted by atomic mass is 35.5. The van der Waals surface area contributed by atoms with Gasteiger partial charge in [0.1, 0.15) is 5.75 Å². The average molecular weight is 506 g/mol. The van der Waals surface area contributed by atoms with Crippen molar-refractivity contribution in [1.29, 1.82) is 0 Å². The number of ether oxygens (including phenoxy) is 1. The van der Waals surface area contributed by atoms with Crippen LogP contribution in [-0.2, 0) is 14.8 Å². The third-order valence-corrected chi connectivity index (χ3v) is 6.13. The van der Waals surface area contributed by atoms with Crippen LogP contribution in [0.1, 0.15) is 15.9 Å². The molecule has 0 bridgehead atoms. The van der Waals surface area contributed by atoms with Crippen LogP contribution in [0.5, 0.6) is 5.75 Å². The Balaban J connectivity index is 1.49. The number of amides is 1. The van der Waals surface area contributed by atoms with Gasteiger partial charge < -0.3 is 4.74 Å². The highest BCUT2D eigenvalue weighted by Gasteiger charge is 2.15. The van der Waals surface area contributed by atoms with Crippen molar-refractivity contribution in [2.75, 3.05) is 6.54 Å². The summed E-state index contributed by atoms with van der Waals surface area (Å²) in [4.78, 5) is 24.0. The first-order valence-corrected chi connectivity index (χ1v) is 11.6. The molecule has 0 spiro atoms. The molecule has 3 aromatic rings. The third kappa shape index (κ3) is 7.13. The average Bonchev–Trinajstić information content (AvgIpc) is 2.79. The molecule has 0 fully saturated rings. The summed E-state index contributed by atoms with van der Waals surface area (Å²) in [5.74, 6) is -0.942. The third-order valence-electron chi connectivity index (χ3n) is 4.13. The highest BCUT2D eigenvalue weighted by Crippen LogP contribution is 2.19. The van der Waals surface area contributed by atoms with Crippen molar-refractivity contribution >= 4 is 51.3 Å². The Bertz CT molecular complexity index is 1280. The molecular weight excluding hydrogens is 489 g/mol. The lowest BCUT2D eigenvalue weighted by atomic mass is 10.2. The van der Waals surface area contributed by atoms with Gasteiger partial charge in [-0.3, -0.25) is 4.79 Å². The van der Waals surface area contributed by atoms with Gasteiger partial charge in [0.15, 0.2) is 0 Å². The number of hydrogen-bond acceptors (Lipinski definition) is 6. The Morgan fingerprint density at radius 3 is 2.27 bits per heavy atom. The van der Waals surface area contributed by atoms with E-state index < -0.39 is 28.4 Å². The van der Waals surface area contributed by atoms with E-state index >= 15 is 0 Å². The lowest BCUT2D eigenvalue weighted by Gasteiger charge is -2.06. The molecule has 2 N–H and O–H groups in total. The fourth-order valence-corrected chi connectivity index (χ4v) is 3.81. The maximum Gasteiger partial charge on any atom is 0.345 e. The maximum atomic E-state index is 12.2. The molecule has 3 aromatic carbocycles. The van der Waals surface area contributed by atoms with Crippen LogP contribution < -0.4 is 14.9 Å². The number of carbonyl (C=O) groups excluding carboxylic acids is 2. The number of esters is 1. The van der Waals surface area contributed by atoms with Gasteiger partial charge in [0, 0.05) is 5.02 Å². The van der Waals surface area contributed by atoms with Gasteiger partial charge in [0.05, 0.1) is 28.2 Å². The van der Waals surface area contributed by atoms with Crippen molar-refractivity contribution < 1.29 is 22.7 Å². The molecule has 0 aromatic heterocycles. The Morgan fingerprint density at radius 1 is 0.939 bits per heavy atom. The summed E-state index contributed by atoms with van der Waals surface area (Å²) >= 11 is 11.7. The summed E-state index contributed by atoms with van der Waals surface area (Å²) in [7, 11) is -3.86. The van der Waals surface area contributed by atoms with E-state index in [4.69, 9.17) is 27.9 Å². The van der Waals surface area contributed by atoms with Gasteiger partial charge >= 0.3 is 5.97 Å². The molecular formula is C22H17Cl2N3O5S. The molecule has 170 valence electrons. The molecule has 8 nitrogen and oxygen atoms in total. The fraction of sp³-hybridized carbons (Fsp3) is 0.0455. The van der Waals surface area contributed by atoms with Crippen molar-refractivity contribution in [2.24, 2.45) is 5.10 Å². The SMILES string of the molecule is O=C(CNS(=O)(=O)c1ccc(Cl)cc1)N/N=C/c1ccc(OC(=O)c2ccccc2Cl)cc1.